The highest BCUT2D eigenvalue weighted by Crippen LogP contribution is 2.28. The van der Waals surface area contributed by atoms with Crippen LogP contribution in [0, 0.1) is 17.1 Å². The first kappa shape index (κ1) is 16.7. The summed E-state index contributed by atoms with van der Waals surface area (Å²) in [6.07, 6.45) is 1.65. The number of nitrogens with zero attached hydrogens (tertiary/aromatic N) is 1. The summed E-state index contributed by atoms with van der Waals surface area (Å²) >= 11 is 3.30. The van der Waals surface area contributed by atoms with Crippen molar-refractivity contribution < 1.29 is 19.0 Å². The molecular weight excluding hydrogens is 365 g/mol. The fourth-order valence-electron chi connectivity index (χ4n) is 1.84. The van der Waals surface area contributed by atoms with E-state index >= 15 is 0 Å². The van der Waals surface area contributed by atoms with Gasteiger partial charge in [0.05, 0.1) is 16.1 Å². The Bertz CT molecular complexity index is 794. The number of carboxylic acids is 1. The van der Waals surface area contributed by atoms with Gasteiger partial charge < -0.3 is 9.84 Å². The largest absolute Gasteiger partial charge is 0.481 e. The molecule has 0 aliphatic rings. The zero-order valence-corrected chi connectivity index (χ0v) is 13.4. The van der Waals surface area contributed by atoms with Crippen LogP contribution in [0.3, 0.4) is 0 Å². The predicted octanol–water partition coefficient (Wildman–Crippen LogP) is 4.12. The van der Waals surface area contributed by atoms with Crippen molar-refractivity contribution in [3.05, 3.63) is 63.9 Å². The number of ether oxygens (including phenoxy) is 1. The first-order chi connectivity index (χ1) is 11.0. The molecule has 2 aromatic rings. The Hall–Kier alpha value is -2.65. The normalized spacial score (nSPS) is 10.9. The van der Waals surface area contributed by atoms with Gasteiger partial charge in [0.25, 0.3) is 0 Å². The minimum Gasteiger partial charge on any atom is -0.481 e. The van der Waals surface area contributed by atoms with Crippen LogP contribution in [-0.2, 0) is 4.79 Å². The Balaban J connectivity index is 2.27. The molecule has 0 aliphatic heterocycles. The molecule has 1 N–H and O–H groups in total. The van der Waals surface area contributed by atoms with E-state index < -0.39 is 12.6 Å². The van der Waals surface area contributed by atoms with Gasteiger partial charge >= 0.3 is 5.97 Å². The zero-order chi connectivity index (χ0) is 16.8. The summed E-state index contributed by atoms with van der Waals surface area (Å²) in [5.41, 5.74) is 1.72. The molecule has 4 nitrogen and oxygen atoms in total. The molecule has 0 atom stereocenters. The van der Waals surface area contributed by atoms with Crippen molar-refractivity contribution in [2.24, 2.45) is 0 Å². The van der Waals surface area contributed by atoms with Gasteiger partial charge in [-0.25, -0.2) is 9.18 Å². The average Bonchev–Trinajstić information content (AvgIpc) is 2.52. The van der Waals surface area contributed by atoms with Crippen LogP contribution < -0.4 is 4.74 Å². The smallest absolute Gasteiger partial charge is 0.341 e. The maximum atomic E-state index is 12.9. The van der Waals surface area contributed by atoms with Crippen LogP contribution in [0.25, 0.3) is 11.6 Å². The number of carbonyl (C=O) groups is 1. The van der Waals surface area contributed by atoms with Crippen molar-refractivity contribution in [3.8, 4) is 11.8 Å². The van der Waals surface area contributed by atoms with E-state index in [1.165, 1.54) is 24.3 Å². The summed E-state index contributed by atoms with van der Waals surface area (Å²) in [6.45, 7) is -0.438. The van der Waals surface area contributed by atoms with Crippen LogP contribution in [0.15, 0.2) is 46.9 Å². The van der Waals surface area contributed by atoms with E-state index in [1.807, 2.05) is 0 Å². The number of hydrogen-bond donors (Lipinski definition) is 1. The molecule has 0 unspecified atom stereocenters. The van der Waals surface area contributed by atoms with Gasteiger partial charge in [-0.15, -0.1) is 0 Å². The SMILES string of the molecule is N#C/C(=C/c1ccc(OCC(=O)O)c(Br)c1)c1ccc(F)cc1. The molecule has 116 valence electrons. The molecule has 2 rings (SSSR count). The lowest BCUT2D eigenvalue weighted by Crippen LogP contribution is -2.09. The van der Waals surface area contributed by atoms with E-state index in [-0.39, 0.29) is 5.82 Å². The molecule has 0 amide bonds. The maximum Gasteiger partial charge on any atom is 0.341 e. The minimum absolute atomic E-state index is 0.367. The van der Waals surface area contributed by atoms with Crippen molar-refractivity contribution in [1.82, 2.24) is 0 Å². The Morgan fingerprint density at radius 1 is 1.30 bits per heavy atom. The fraction of sp³-hybridized carbons (Fsp3) is 0.0588. The summed E-state index contributed by atoms with van der Waals surface area (Å²) < 4.78 is 18.6. The molecule has 0 spiro atoms. The highest BCUT2D eigenvalue weighted by atomic mass is 79.9. The van der Waals surface area contributed by atoms with Gasteiger partial charge in [-0.2, -0.15) is 5.26 Å². The van der Waals surface area contributed by atoms with Gasteiger partial charge in [-0.1, -0.05) is 18.2 Å². The lowest BCUT2D eigenvalue weighted by Gasteiger charge is -2.07. The van der Waals surface area contributed by atoms with Crippen molar-refractivity contribution >= 4 is 33.5 Å². The molecule has 0 radical (unpaired) electrons. The summed E-state index contributed by atoms with van der Waals surface area (Å²) in [4.78, 5) is 10.5. The molecule has 0 bridgehead atoms. The number of carboxylic acid groups (broad SMARTS) is 1. The molecule has 23 heavy (non-hydrogen) atoms. The van der Waals surface area contributed by atoms with Gasteiger partial charge in [0.2, 0.25) is 0 Å². The third kappa shape index (κ3) is 4.66. The van der Waals surface area contributed by atoms with E-state index in [0.717, 1.165) is 5.56 Å². The standard InChI is InChI=1S/C17H11BrFNO3/c18-15-8-11(1-6-16(15)23-10-17(21)22)7-13(9-20)12-2-4-14(19)5-3-12/h1-8H,10H2,(H,21,22)/b13-7-. The lowest BCUT2D eigenvalue weighted by molar-refractivity contribution is -0.139. The molecule has 0 aliphatic carbocycles. The highest BCUT2D eigenvalue weighted by Gasteiger charge is 2.06. The second kappa shape index (κ2) is 7.56. The molecule has 6 heteroatoms. The summed E-state index contributed by atoms with van der Waals surface area (Å²) in [7, 11) is 0. The summed E-state index contributed by atoms with van der Waals surface area (Å²) in [6, 6.07) is 12.7. The van der Waals surface area contributed by atoms with Gasteiger partial charge in [-0.05, 0) is 57.4 Å². The van der Waals surface area contributed by atoms with E-state index in [4.69, 9.17) is 9.84 Å². The maximum absolute atomic E-state index is 12.9. The van der Waals surface area contributed by atoms with Crippen LogP contribution in [-0.4, -0.2) is 17.7 Å². The predicted molar refractivity (Wildman–Crippen MR) is 87.2 cm³/mol. The Morgan fingerprint density at radius 2 is 2.00 bits per heavy atom. The summed E-state index contributed by atoms with van der Waals surface area (Å²) in [5, 5.41) is 17.9. The van der Waals surface area contributed by atoms with Crippen LogP contribution in [0.4, 0.5) is 4.39 Å². The van der Waals surface area contributed by atoms with Crippen molar-refractivity contribution in [2.75, 3.05) is 6.61 Å². The van der Waals surface area contributed by atoms with E-state index in [0.29, 0.717) is 21.4 Å². The van der Waals surface area contributed by atoms with E-state index in [9.17, 15) is 14.4 Å². The number of hydrogen-bond acceptors (Lipinski definition) is 3. The first-order valence-electron chi connectivity index (χ1n) is 6.51. The Labute approximate surface area is 140 Å². The van der Waals surface area contributed by atoms with E-state index in [1.54, 1.807) is 24.3 Å². The van der Waals surface area contributed by atoms with Crippen LogP contribution in [0.2, 0.25) is 0 Å². The van der Waals surface area contributed by atoms with Crippen LogP contribution >= 0.6 is 15.9 Å². The fourth-order valence-corrected chi connectivity index (χ4v) is 2.35. The van der Waals surface area contributed by atoms with Crippen molar-refractivity contribution in [3.63, 3.8) is 0 Å². The molecule has 0 fully saturated rings. The van der Waals surface area contributed by atoms with Gasteiger partial charge in [0.1, 0.15) is 11.6 Å². The lowest BCUT2D eigenvalue weighted by atomic mass is 10.0. The quantitative estimate of drug-likeness (QED) is 0.630. The minimum atomic E-state index is -1.07. The van der Waals surface area contributed by atoms with E-state index in [2.05, 4.69) is 22.0 Å². The van der Waals surface area contributed by atoms with Gasteiger partial charge in [0.15, 0.2) is 6.61 Å². The second-order valence-corrected chi connectivity index (χ2v) is 5.40. The van der Waals surface area contributed by atoms with Crippen molar-refractivity contribution in [2.45, 2.75) is 0 Å². The molecule has 0 aromatic heterocycles. The third-order valence-electron chi connectivity index (χ3n) is 2.89. The van der Waals surface area contributed by atoms with Gasteiger partial charge in [0, 0.05) is 0 Å². The second-order valence-electron chi connectivity index (χ2n) is 4.55. The molecule has 0 heterocycles. The summed E-state index contributed by atoms with van der Waals surface area (Å²) in [5.74, 6) is -1.04. The number of rotatable bonds is 5. The number of halogens is 2. The monoisotopic (exact) mass is 375 g/mol. The molecule has 0 saturated carbocycles. The van der Waals surface area contributed by atoms with Crippen LogP contribution in [0.5, 0.6) is 5.75 Å². The van der Waals surface area contributed by atoms with Gasteiger partial charge in [-0.3, -0.25) is 0 Å². The van der Waals surface area contributed by atoms with Crippen molar-refractivity contribution in [1.29, 1.82) is 5.26 Å². The molecular formula is C17H11BrFNO3. The molecule has 0 saturated heterocycles. The number of benzene rings is 2. The topological polar surface area (TPSA) is 70.3 Å². The Kier molecular flexibility index (Phi) is 5.50. The number of allylic oxidation sites excluding steroid dienone is 1. The first-order valence-corrected chi connectivity index (χ1v) is 7.31. The number of nitriles is 1. The highest BCUT2D eigenvalue weighted by molar-refractivity contribution is 9.10. The average molecular weight is 376 g/mol. The Morgan fingerprint density at radius 3 is 2.57 bits per heavy atom. The molecule has 2 aromatic carbocycles. The zero-order valence-electron chi connectivity index (χ0n) is 11.8. The third-order valence-corrected chi connectivity index (χ3v) is 3.51. The number of aliphatic carboxylic acids is 1. The van der Waals surface area contributed by atoms with Crippen LogP contribution in [0.1, 0.15) is 11.1 Å².